The minimum Gasteiger partial charge on any atom is -0.497 e. The molecule has 0 bridgehead atoms. The van der Waals surface area contributed by atoms with Gasteiger partial charge in [0.1, 0.15) is 11.7 Å². The van der Waals surface area contributed by atoms with Gasteiger partial charge in [0.2, 0.25) is 0 Å². The Bertz CT molecular complexity index is 698. The first kappa shape index (κ1) is 14.8. The maximum absolute atomic E-state index is 12.7. The fraction of sp³-hybridized carbons (Fsp3) is 0.312. The third kappa shape index (κ3) is 2.95. The molecule has 0 aliphatic heterocycles. The molecule has 5 nitrogen and oxygen atoms in total. The predicted molar refractivity (Wildman–Crippen MR) is 78.3 cm³/mol. The van der Waals surface area contributed by atoms with E-state index in [1.54, 1.807) is 49.3 Å². The third-order valence-electron chi connectivity index (χ3n) is 3.32. The van der Waals surface area contributed by atoms with Crippen LogP contribution in [0.1, 0.15) is 34.5 Å². The van der Waals surface area contributed by atoms with E-state index in [1.807, 2.05) is 6.92 Å². The van der Waals surface area contributed by atoms with Gasteiger partial charge in [0.05, 0.1) is 24.4 Å². The van der Waals surface area contributed by atoms with Crippen LogP contribution in [-0.2, 0) is 13.5 Å². The molecule has 2 rings (SSSR count). The summed E-state index contributed by atoms with van der Waals surface area (Å²) < 4.78 is 6.75. The monoisotopic (exact) mass is 283 g/mol. The van der Waals surface area contributed by atoms with Crippen molar-refractivity contribution in [1.29, 1.82) is 5.26 Å². The van der Waals surface area contributed by atoms with E-state index in [1.165, 1.54) is 0 Å². The van der Waals surface area contributed by atoms with E-state index in [4.69, 9.17) is 4.74 Å². The fourth-order valence-corrected chi connectivity index (χ4v) is 2.26. The molecule has 21 heavy (non-hydrogen) atoms. The SMILES string of the molecule is CCc1nn(C)cc1C(=O)C(C#N)c1cccc(OC)c1. The van der Waals surface area contributed by atoms with Crippen molar-refractivity contribution in [2.45, 2.75) is 19.3 Å². The van der Waals surface area contributed by atoms with Crippen LogP contribution < -0.4 is 4.74 Å². The van der Waals surface area contributed by atoms with Gasteiger partial charge in [-0.2, -0.15) is 10.4 Å². The van der Waals surface area contributed by atoms with E-state index in [0.717, 1.165) is 0 Å². The number of hydrogen-bond acceptors (Lipinski definition) is 4. The Kier molecular flexibility index (Phi) is 4.39. The van der Waals surface area contributed by atoms with Crippen LogP contribution >= 0.6 is 0 Å². The molecule has 1 atom stereocenters. The number of hydrogen-bond donors (Lipinski definition) is 0. The normalized spacial score (nSPS) is 11.7. The van der Waals surface area contributed by atoms with Crippen LogP contribution in [0, 0.1) is 11.3 Å². The maximum atomic E-state index is 12.7. The van der Waals surface area contributed by atoms with Crippen LogP contribution in [0.15, 0.2) is 30.5 Å². The highest BCUT2D eigenvalue weighted by Gasteiger charge is 2.25. The number of methoxy groups -OCH3 is 1. The standard InChI is InChI=1S/C16H17N3O2/c1-4-15-14(10-19(2)18-15)16(20)13(9-17)11-6-5-7-12(8-11)21-3/h5-8,10,13H,4H2,1-3H3. The number of aromatic nitrogens is 2. The van der Waals surface area contributed by atoms with Gasteiger partial charge >= 0.3 is 0 Å². The average Bonchev–Trinajstić information content (AvgIpc) is 2.89. The van der Waals surface area contributed by atoms with Crippen molar-refractivity contribution in [3.8, 4) is 11.8 Å². The summed E-state index contributed by atoms with van der Waals surface area (Å²) in [5, 5.41) is 13.7. The molecule has 108 valence electrons. The minimum absolute atomic E-state index is 0.226. The lowest BCUT2D eigenvalue weighted by molar-refractivity contribution is 0.0978. The van der Waals surface area contributed by atoms with Crippen molar-refractivity contribution in [1.82, 2.24) is 9.78 Å². The summed E-state index contributed by atoms with van der Waals surface area (Å²) in [4.78, 5) is 12.7. The highest BCUT2D eigenvalue weighted by molar-refractivity contribution is 6.03. The number of aryl methyl sites for hydroxylation is 2. The predicted octanol–water partition coefficient (Wildman–Crippen LogP) is 2.48. The second-order valence-corrected chi connectivity index (χ2v) is 4.72. The number of carbonyl (C=O) groups is 1. The van der Waals surface area contributed by atoms with Crippen LogP contribution in [0.4, 0.5) is 0 Å². The minimum atomic E-state index is -0.852. The summed E-state index contributed by atoms with van der Waals surface area (Å²) in [7, 11) is 3.32. The van der Waals surface area contributed by atoms with Crippen LogP contribution in [0.25, 0.3) is 0 Å². The topological polar surface area (TPSA) is 67.9 Å². The molecule has 2 aromatic rings. The summed E-state index contributed by atoms with van der Waals surface area (Å²) >= 11 is 0. The highest BCUT2D eigenvalue weighted by Crippen LogP contribution is 2.25. The molecule has 1 aromatic carbocycles. The number of carbonyl (C=O) groups excluding carboxylic acids is 1. The van der Waals surface area contributed by atoms with E-state index < -0.39 is 5.92 Å². The number of nitrogens with zero attached hydrogens (tertiary/aromatic N) is 3. The van der Waals surface area contributed by atoms with Crippen LogP contribution in [0.3, 0.4) is 0 Å². The van der Waals surface area contributed by atoms with Crippen molar-refractivity contribution in [2.75, 3.05) is 7.11 Å². The lowest BCUT2D eigenvalue weighted by Crippen LogP contribution is -2.12. The van der Waals surface area contributed by atoms with Gasteiger partial charge in [-0.3, -0.25) is 9.48 Å². The van der Waals surface area contributed by atoms with E-state index in [0.29, 0.717) is 29.0 Å². The number of ketones is 1. The van der Waals surface area contributed by atoms with Crippen molar-refractivity contribution in [3.05, 3.63) is 47.3 Å². The zero-order valence-corrected chi connectivity index (χ0v) is 12.3. The third-order valence-corrected chi connectivity index (χ3v) is 3.32. The van der Waals surface area contributed by atoms with Gasteiger partial charge in [-0.15, -0.1) is 0 Å². The first-order chi connectivity index (χ1) is 10.1. The number of benzene rings is 1. The van der Waals surface area contributed by atoms with Gasteiger partial charge in [0, 0.05) is 13.2 Å². The molecule has 0 saturated heterocycles. The smallest absolute Gasteiger partial charge is 0.187 e. The van der Waals surface area contributed by atoms with Gasteiger partial charge in [0.15, 0.2) is 5.78 Å². The van der Waals surface area contributed by atoms with E-state index >= 15 is 0 Å². The summed E-state index contributed by atoms with van der Waals surface area (Å²) in [6, 6.07) is 9.12. The average molecular weight is 283 g/mol. The molecule has 1 heterocycles. The molecule has 0 N–H and O–H groups in total. The Morgan fingerprint density at radius 3 is 2.90 bits per heavy atom. The largest absolute Gasteiger partial charge is 0.497 e. The lowest BCUT2D eigenvalue weighted by atomic mass is 9.91. The molecule has 0 spiro atoms. The maximum Gasteiger partial charge on any atom is 0.187 e. The molecule has 1 aromatic heterocycles. The molecule has 0 aliphatic carbocycles. The number of Topliss-reactive ketones (excluding diaryl/α,β-unsaturated/α-hetero) is 1. The highest BCUT2D eigenvalue weighted by atomic mass is 16.5. The molecule has 0 radical (unpaired) electrons. The van der Waals surface area contributed by atoms with E-state index in [2.05, 4.69) is 11.2 Å². The van der Waals surface area contributed by atoms with Gasteiger partial charge in [-0.05, 0) is 24.1 Å². The molecule has 0 saturated carbocycles. The number of rotatable bonds is 5. The molecule has 5 heteroatoms. The Balaban J connectivity index is 2.41. The first-order valence-electron chi connectivity index (χ1n) is 6.71. The van der Waals surface area contributed by atoms with Gasteiger partial charge in [-0.1, -0.05) is 19.1 Å². The van der Waals surface area contributed by atoms with Gasteiger partial charge < -0.3 is 4.74 Å². The summed E-state index contributed by atoms with van der Waals surface area (Å²) in [6.45, 7) is 1.94. The Morgan fingerprint density at radius 1 is 1.52 bits per heavy atom. The van der Waals surface area contributed by atoms with Crippen LogP contribution in [-0.4, -0.2) is 22.7 Å². The van der Waals surface area contributed by atoms with Crippen LogP contribution in [0.2, 0.25) is 0 Å². The quantitative estimate of drug-likeness (QED) is 0.791. The Morgan fingerprint density at radius 2 is 2.29 bits per heavy atom. The van der Waals surface area contributed by atoms with Crippen molar-refractivity contribution in [2.24, 2.45) is 7.05 Å². The molecule has 0 aliphatic rings. The lowest BCUT2D eigenvalue weighted by Gasteiger charge is -2.09. The summed E-state index contributed by atoms with van der Waals surface area (Å²) in [6.07, 6.45) is 2.32. The van der Waals surface area contributed by atoms with E-state index in [9.17, 15) is 10.1 Å². The summed E-state index contributed by atoms with van der Waals surface area (Å²) in [5.74, 6) is -0.451. The molecule has 0 fully saturated rings. The first-order valence-corrected chi connectivity index (χ1v) is 6.71. The van der Waals surface area contributed by atoms with E-state index in [-0.39, 0.29) is 5.78 Å². The fourth-order valence-electron chi connectivity index (χ4n) is 2.26. The second kappa shape index (κ2) is 6.23. The van der Waals surface area contributed by atoms with Crippen molar-refractivity contribution in [3.63, 3.8) is 0 Å². The van der Waals surface area contributed by atoms with Crippen LogP contribution in [0.5, 0.6) is 5.75 Å². The zero-order valence-electron chi connectivity index (χ0n) is 12.3. The van der Waals surface area contributed by atoms with Crippen molar-refractivity contribution < 1.29 is 9.53 Å². The zero-order chi connectivity index (χ0) is 15.4. The Labute approximate surface area is 123 Å². The molecule has 0 amide bonds. The second-order valence-electron chi connectivity index (χ2n) is 4.72. The van der Waals surface area contributed by atoms with Gasteiger partial charge in [0.25, 0.3) is 0 Å². The molecular weight excluding hydrogens is 266 g/mol. The number of ether oxygens (including phenoxy) is 1. The van der Waals surface area contributed by atoms with Gasteiger partial charge in [-0.25, -0.2) is 0 Å². The summed E-state index contributed by atoms with van der Waals surface area (Å²) in [5.41, 5.74) is 1.85. The van der Waals surface area contributed by atoms with Crippen molar-refractivity contribution >= 4 is 5.78 Å². The molecular formula is C16H17N3O2. The number of nitriles is 1. The Hall–Kier alpha value is -2.61. The molecule has 1 unspecified atom stereocenters.